The van der Waals surface area contributed by atoms with Crippen molar-refractivity contribution in [1.82, 2.24) is 25.4 Å². The molecule has 0 unspecified atom stereocenters. The number of pyridine rings is 1. The van der Waals surface area contributed by atoms with Gasteiger partial charge in [0.2, 0.25) is 0 Å². The van der Waals surface area contributed by atoms with Crippen molar-refractivity contribution in [3.05, 3.63) is 92.9 Å². The third-order valence-corrected chi connectivity index (χ3v) is 6.68. The highest BCUT2D eigenvalue weighted by atomic mass is 35.5. The van der Waals surface area contributed by atoms with Gasteiger partial charge in [0, 0.05) is 23.7 Å². The van der Waals surface area contributed by atoms with E-state index in [9.17, 15) is 19.2 Å². The Morgan fingerprint density at radius 2 is 1.81 bits per heavy atom. The number of fused-ring (bicyclic) bond motifs is 1. The monoisotopic (exact) mass is 608 g/mol. The van der Waals surface area contributed by atoms with Crippen molar-refractivity contribution in [1.29, 1.82) is 0 Å². The average Bonchev–Trinajstić information content (AvgIpc) is 2.95. The highest BCUT2D eigenvalue weighted by Crippen LogP contribution is 2.24. The standard InChI is InChI=1S/C29H29ClN6O5S/c1-29(2,3)41-28(40)36(13-12-17-8-6-5-7-9-17)35-24(37)18-10-11-21(30)22(15-18)32-25(38)20-14-19-16-31-27(42-4)34-23(19)33-26(20)39/h5-11,14-16H,12-13H2,1-4H3,(H,32,38)(H,35,37)(H,31,33,34,39). The van der Waals surface area contributed by atoms with Crippen LogP contribution < -0.4 is 16.3 Å². The lowest BCUT2D eigenvalue weighted by molar-refractivity contribution is 0.0136. The van der Waals surface area contributed by atoms with E-state index >= 15 is 0 Å². The molecule has 3 amide bonds. The van der Waals surface area contributed by atoms with Crippen molar-refractivity contribution in [2.75, 3.05) is 18.1 Å². The summed E-state index contributed by atoms with van der Waals surface area (Å²) in [5.74, 6) is -1.38. The molecule has 4 rings (SSSR count). The predicted octanol–water partition coefficient (Wildman–Crippen LogP) is 5.07. The third-order valence-electron chi connectivity index (χ3n) is 5.79. The molecule has 42 heavy (non-hydrogen) atoms. The van der Waals surface area contributed by atoms with Gasteiger partial charge in [-0.25, -0.2) is 19.8 Å². The lowest BCUT2D eigenvalue weighted by Gasteiger charge is -2.27. The van der Waals surface area contributed by atoms with Crippen LogP contribution >= 0.6 is 23.4 Å². The number of hydrogen-bond acceptors (Lipinski definition) is 8. The number of nitrogens with zero attached hydrogens (tertiary/aromatic N) is 3. The normalized spacial score (nSPS) is 11.2. The number of anilines is 1. The van der Waals surface area contributed by atoms with E-state index in [2.05, 4.69) is 25.7 Å². The first-order valence-electron chi connectivity index (χ1n) is 12.8. The Labute approximate surface area is 251 Å². The smallest absolute Gasteiger partial charge is 0.429 e. The van der Waals surface area contributed by atoms with Crippen LogP contribution in [-0.4, -0.2) is 56.3 Å². The maximum Gasteiger partial charge on any atom is 0.429 e. The maximum atomic E-state index is 13.2. The summed E-state index contributed by atoms with van der Waals surface area (Å²) in [4.78, 5) is 62.8. The zero-order valence-corrected chi connectivity index (χ0v) is 24.9. The molecule has 2 heterocycles. The largest absolute Gasteiger partial charge is 0.442 e. The van der Waals surface area contributed by atoms with E-state index in [1.807, 2.05) is 30.3 Å². The van der Waals surface area contributed by atoms with Crippen molar-refractivity contribution in [2.45, 2.75) is 37.9 Å². The molecule has 4 aromatic rings. The molecule has 3 N–H and O–H groups in total. The van der Waals surface area contributed by atoms with Crippen LogP contribution in [0, 0.1) is 0 Å². The zero-order chi connectivity index (χ0) is 30.4. The van der Waals surface area contributed by atoms with E-state index in [-0.39, 0.29) is 28.4 Å². The van der Waals surface area contributed by atoms with Gasteiger partial charge in [-0.1, -0.05) is 53.7 Å². The number of benzene rings is 2. The van der Waals surface area contributed by atoms with Gasteiger partial charge in [-0.05, 0) is 63.3 Å². The second-order valence-corrected chi connectivity index (χ2v) is 11.3. The van der Waals surface area contributed by atoms with Crippen LogP contribution in [0.5, 0.6) is 0 Å². The molecular weight excluding hydrogens is 580 g/mol. The molecular formula is C29H29ClN6O5S. The fourth-order valence-electron chi connectivity index (χ4n) is 3.78. The molecule has 0 saturated heterocycles. The first kappa shape index (κ1) is 30.5. The summed E-state index contributed by atoms with van der Waals surface area (Å²) in [7, 11) is 0. The minimum Gasteiger partial charge on any atom is -0.442 e. The van der Waals surface area contributed by atoms with E-state index < -0.39 is 29.1 Å². The summed E-state index contributed by atoms with van der Waals surface area (Å²) in [6.45, 7) is 5.33. The Bertz CT molecular complexity index is 1690. The molecule has 2 aromatic heterocycles. The lowest BCUT2D eigenvalue weighted by Crippen LogP contribution is -2.49. The fraction of sp³-hybridized carbons (Fsp3) is 0.241. The van der Waals surface area contributed by atoms with Crippen LogP contribution in [-0.2, 0) is 11.2 Å². The Morgan fingerprint density at radius 3 is 2.50 bits per heavy atom. The third kappa shape index (κ3) is 7.86. The molecule has 0 bridgehead atoms. The number of carbonyl (C=O) groups excluding carboxylic acids is 3. The Hall–Kier alpha value is -4.42. The summed E-state index contributed by atoms with van der Waals surface area (Å²) in [5, 5.41) is 4.77. The highest BCUT2D eigenvalue weighted by molar-refractivity contribution is 7.98. The molecule has 11 nitrogen and oxygen atoms in total. The first-order valence-corrected chi connectivity index (χ1v) is 14.4. The summed E-state index contributed by atoms with van der Waals surface area (Å²) in [6, 6.07) is 15.1. The molecule has 0 aliphatic rings. The molecule has 2 aromatic carbocycles. The van der Waals surface area contributed by atoms with Crippen LogP contribution in [0.3, 0.4) is 0 Å². The quantitative estimate of drug-likeness (QED) is 0.150. The van der Waals surface area contributed by atoms with E-state index in [0.29, 0.717) is 22.6 Å². The van der Waals surface area contributed by atoms with Crippen LogP contribution in [0.25, 0.3) is 11.0 Å². The van der Waals surface area contributed by atoms with Crippen LogP contribution in [0.4, 0.5) is 10.5 Å². The Morgan fingerprint density at radius 1 is 1.07 bits per heavy atom. The topological polar surface area (TPSA) is 146 Å². The highest BCUT2D eigenvalue weighted by Gasteiger charge is 2.25. The predicted molar refractivity (Wildman–Crippen MR) is 162 cm³/mol. The number of amides is 3. The van der Waals surface area contributed by atoms with Crippen LogP contribution in [0.15, 0.2) is 70.7 Å². The molecule has 13 heteroatoms. The number of aromatic amines is 1. The van der Waals surface area contributed by atoms with Gasteiger partial charge in [-0.15, -0.1) is 0 Å². The number of H-pyrrole nitrogens is 1. The second-order valence-electron chi connectivity index (χ2n) is 10.1. The van der Waals surface area contributed by atoms with Crippen molar-refractivity contribution in [3.63, 3.8) is 0 Å². The van der Waals surface area contributed by atoms with E-state index in [1.54, 1.807) is 27.0 Å². The number of ether oxygens (including phenoxy) is 1. The van der Waals surface area contributed by atoms with Gasteiger partial charge >= 0.3 is 6.09 Å². The van der Waals surface area contributed by atoms with E-state index in [0.717, 1.165) is 10.6 Å². The number of hydrogen-bond donors (Lipinski definition) is 3. The fourth-order valence-corrected chi connectivity index (χ4v) is 4.28. The molecule has 0 aliphatic heterocycles. The van der Waals surface area contributed by atoms with Crippen LogP contribution in [0.2, 0.25) is 5.02 Å². The van der Waals surface area contributed by atoms with Crippen molar-refractivity contribution in [2.24, 2.45) is 0 Å². The molecule has 0 aliphatic carbocycles. The van der Waals surface area contributed by atoms with E-state index in [1.165, 1.54) is 42.2 Å². The van der Waals surface area contributed by atoms with Gasteiger partial charge in [0.25, 0.3) is 17.4 Å². The van der Waals surface area contributed by atoms with Gasteiger partial charge in [0.15, 0.2) is 5.16 Å². The molecule has 218 valence electrons. The Balaban J connectivity index is 1.53. The van der Waals surface area contributed by atoms with Crippen molar-refractivity contribution >= 4 is 58.0 Å². The van der Waals surface area contributed by atoms with Gasteiger partial charge in [0.1, 0.15) is 16.8 Å². The summed E-state index contributed by atoms with van der Waals surface area (Å²) in [5.41, 5.74) is 2.43. The molecule has 0 spiro atoms. The summed E-state index contributed by atoms with van der Waals surface area (Å²) < 4.78 is 5.48. The first-order chi connectivity index (χ1) is 19.9. The van der Waals surface area contributed by atoms with E-state index in [4.69, 9.17) is 16.3 Å². The minimum atomic E-state index is -0.783. The average molecular weight is 609 g/mol. The van der Waals surface area contributed by atoms with Gasteiger partial charge in [-0.2, -0.15) is 0 Å². The number of hydrazine groups is 1. The zero-order valence-electron chi connectivity index (χ0n) is 23.4. The van der Waals surface area contributed by atoms with Crippen molar-refractivity contribution in [3.8, 4) is 0 Å². The van der Waals surface area contributed by atoms with Crippen LogP contribution in [0.1, 0.15) is 47.1 Å². The Kier molecular flexibility index (Phi) is 9.48. The number of rotatable bonds is 7. The van der Waals surface area contributed by atoms with Crippen molar-refractivity contribution < 1.29 is 19.1 Å². The SMILES string of the molecule is CSc1ncc2cc(C(=O)Nc3cc(C(=O)NN(CCc4ccccc4)C(=O)OC(C)(C)C)ccc3Cl)c(=O)[nH]c2n1. The van der Waals surface area contributed by atoms with Gasteiger partial charge in [-0.3, -0.25) is 19.8 Å². The molecule has 0 saturated carbocycles. The maximum absolute atomic E-state index is 13.2. The number of thioether (sulfide) groups is 1. The lowest BCUT2D eigenvalue weighted by atomic mass is 10.1. The number of aromatic nitrogens is 3. The number of carbonyl (C=O) groups is 3. The second kappa shape index (κ2) is 13.0. The minimum absolute atomic E-state index is 0.0934. The molecule has 0 atom stereocenters. The number of halogens is 1. The summed E-state index contributed by atoms with van der Waals surface area (Å²) >= 11 is 7.62. The van der Waals surface area contributed by atoms with Gasteiger partial charge in [0.05, 0.1) is 10.7 Å². The number of nitrogens with one attached hydrogen (secondary N) is 3. The summed E-state index contributed by atoms with van der Waals surface area (Å²) in [6.07, 6.45) is 3.05. The molecule has 0 fully saturated rings. The van der Waals surface area contributed by atoms with Gasteiger partial charge < -0.3 is 15.0 Å². The molecule has 0 radical (unpaired) electrons.